The van der Waals surface area contributed by atoms with Crippen molar-refractivity contribution in [3.63, 3.8) is 0 Å². The van der Waals surface area contributed by atoms with E-state index in [1.807, 2.05) is 11.4 Å². The van der Waals surface area contributed by atoms with E-state index >= 15 is 0 Å². The first-order chi connectivity index (χ1) is 6.58. The molecule has 14 heavy (non-hydrogen) atoms. The third-order valence-electron chi connectivity index (χ3n) is 1.91. The molecule has 0 fully saturated rings. The second-order valence-corrected chi connectivity index (χ2v) is 5.78. The van der Waals surface area contributed by atoms with Crippen LogP contribution in [0.15, 0.2) is 17.5 Å². The number of hydrogen-bond acceptors (Lipinski definition) is 3. The normalized spacial score (nSPS) is 11.8. The Morgan fingerprint density at radius 2 is 2.07 bits per heavy atom. The lowest BCUT2D eigenvalue weighted by Gasteiger charge is -1.98. The zero-order valence-electron chi connectivity index (χ0n) is 7.85. The lowest BCUT2D eigenvalue weighted by molar-refractivity contribution is 0.479. The molecule has 0 aliphatic carbocycles. The SMILES string of the molecule is O=S(=O)(O)CCCCCc1cccs1. The average molecular weight is 234 g/mol. The number of unbranched alkanes of at least 4 members (excludes halogenated alkanes) is 2. The molecule has 1 heterocycles. The molecule has 0 atom stereocenters. The minimum absolute atomic E-state index is 0.114. The predicted molar refractivity (Wildman–Crippen MR) is 58.3 cm³/mol. The molecule has 0 spiro atoms. The molecule has 0 saturated carbocycles. The van der Waals surface area contributed by atoms with Gasteiger partial charge in [-0.2, -0.15) is 8.42 Å². The predicted octanol–water partition coefficient (Wildman–Crippen LogP) is 2.35. The van der Waals surface area contributed by atoms with E-state index < -0.39 is 10.1 Å². The third-order valence-corrected chi connectivity index (χ3v) is 3.65. The molecule has 1 N–H and O–H groups in total. The summed E-state index contributed by atoms with van der Waals surface area (Å²) in [5.74, 6) is -0.114. The van der Waals surface area contributed by atoms with Crippen LogP contribution in [0.3, 0.4) is 0 Å². The quantitative estimate of drug-likeness (QED) is 0.607. The maximum Gasteiger partial charge on any atom is 0.264 e. The molecule has 0 radical (unpaired) electrons. The Bertz CT molecular complexity index is 340. The van der Waals surface area contributed by atoms with E-state index in [-0.39, 0.29) is 5.75 Å². The van der Waals surface area contributed by atoms with Gasteiger partial charge in [-0.1, -0.05) is 12.5 Å². The molecule has 0 unspecified atom stereocenters. The highest BCUT2D eigenvalue weighted by atomic mass is 32.2. The van der Waals surface area contributed by atoms with Crippen molar-refractivity contribution in [2.75, 3.05) is 5.75 Å². The smallest absolute Gasteiger partial charge is 0.264 e. The van der Waals surface area contributed by atoms with E-state index in [1.165, 1.54) is 4.88 Å². The van der Waals surface area contributed by atoms with Crippen LogP contribution < -0.4 is 0 Å². The molecular formula is C9H14O3S2. The molecule has 0 amide bonds. The number of rotatable bonds is 6. The van der Waals surface area contributed by atoms with Gasteiger partial charge < -0.3 is 0 Å². The van der Waals surface area contributed by atoms with Crippen molar-refractivity contribution in [2.45, 2.75) is 25.7 Å². The first-order valence-electron chi connectivity index (χ1n) is 4.55. The Morgan fingerprint density at radius 1 is 1.29 bits per heavy atom. The van der Waals surface area contributed by atoms with Crippen molar-refractivity contribution >= 4 is 21.5 Å². The maximum atomic E-state index is 10.4. The molecule has 80 valence electrons. The third kappa shape index (κ3) is 5.36. The summed E-state index contributed by atoms with van der Waals surface area (Å²) < 4.78 is 29.2. The van der Waals surface area contributed by atoms with Gasteiger partial charge in [-0.25, -0.2) is 0 Å². The van der Waals surface area contributed by atoms with Crippen LogP contribution in [-0.4, -0.2) is 18.7 Å². The largest absolute Gasteiger partial charge is 0.286 e. The van der Waals surface area contributed by atoms with Gasteiger partial charge in [0.05, 0.1) is 5.75 Å². The highest BCUT2D eigenvalue weighted by molar-refractivity contribution is 7.85. The van der Waals surface area contributed by atoms with Crippen LogP contribution in [0.5, 0.6) is 0 Å². The van der Waals surface area contributed by atoms with Crippen molar-refractivity contribution in [3.05, 3.63) is 22.4 Å². The number of thiophene rings is 1. The van der Waals surface area contributed by atoms with Gasteiger partial charge in [0.2, 0.25) is 0 Å². The van der Waals surface area contributed by atoms with E-state index in [4.69, 9.17) is 4.55 Å². The zero-order valence-corrected chi connectivity index (χ0v) is 9.48. The van der Waals surface area contributed by atoms with Gasteiger partial charge in [0.1, 0.15) is 0 Å². The summed E-state index contributed by atoms with van der Waals surface area (Å²) in [5.41, 5.74) is 0. The standard InChI is InChI=1S/C9H14O3S2/c10-14(11,12)8-3-1-2-5-9-6-4-7-13-9/h4,6-7H,1-3,5,8H2,(H,10,11,12). The van der Waals surface area contributed by atoms with Crippen molar-refractivity contribution in [1.29, 1.82) is 0 Å². The van der Waals surface area contributed by atoms with Crippen LogP contribution in [0.25, 0.3) is 0 Å². The molecule has 5 heteroatoms. The summed E-state index contributed by atoms with van der Waals surface area (Å²) in [4.78, 5) is 1.33. The Hall–Kier alpha value is -0.390. The monoisotopic (exact) mass is 234 g/mol. The van der Waals surface area contributed by atoms with Crippen molar-refractivity contribution in [1.82, 2.24) is 0 Å². The molecule has 0 aliphatic heterocycles. The van der Waals surface area contributed by atoms with Gasteiger partial charge in [-0.05, 0) is 30.7 Å². The Kier molecular flexibility index (Phi) is 4.57. The Labute approximate surface area is 88.5 Å². The fourth-order valence-electron chi connectivity index (χ4n) is 1.22. The molecule has 1 aromatic heterocycles. The van der Waals surface area contributed by atoms with Crippen molar-refractivity contribution in [3.8, 4) is 0 Å². The van der Waals surface area contributed by atoms with Crippen molar-refractivity contribution in [2.24, 2.45) is 0 Å². The number of hydrogen-bond donors (Lipinski definition) is 1. The van der Waals surface area contributed by atoms with Crippen LogP contribution in [0.4, 0.5) is 0 Å². The minimum atomic E-state index is -3.76. The molecule has 1 rings (SSSR count). The van der Waals surface area contributed by atoms with Crippen LogP contribution in [0.1, 0.15) is 24.1 Å². The van der Waals surface area contributed by atoms with Gasteiger partial charge in [-0.3, -0.25) is 4.55 Å². The average Bonchev–Trinajstić information content (AvgIpc) is 2.54. The fraction of sp³-hybridized carbons (Fsp3) is 0.556. The molecular weight excluding hydrogens is 220 g/mol. The van der Waals surface area contributed by atoms with E-state index in [2.05, 4.69) is 6.07 Å². The van der Waals surface area contributed by atoms with Crippen LogP contribution in [-0.2, 0) is 16.5 Å². The van der Waals surface area contributed by atoms with Gasteiger partial charge in [0, 0.05) is 4.88 Å². The van der Waals surface area contributed by atoms with Crippen LogP contribution >= 0.6 is 11.3 Å². The Balaban J connectivity index is 2.06. The van der Waals surface area contributed by atoms with E-state index in [1.54, 1.807) is 11.3 Å². The summed E-state index contributed by atoms with van der Waals surface area (Å²) >= 11 is 1.72. The molecule has 3 nitrogen and oxygen atoms in total. The highest BCUT2D eigenvalue weighted by Crippen LogP contribution is 2.12. The first kappa shape index (κ1) is 11.7. The topological polar surface area (TPSA) is 54.4 Å². The minimum Gasteiger partial charge on any atom is -0.286 e. The maximum absolute atomic E-state index is 10.4. The van der Waals surface area contributed by atoms with Crippen LogP contribution in [0, 0.1) is 0 Å². The van der Waals surface area contributed by atoms with E-state index in [0.717, 1.165) is 19.3 Å². The second kappa shape index (κ2) is 5.48. The summed E-state index contributed by atoms with van der Waals surface area (Å²) in [6.45, 7) is 0. The summed E-state index contributed by atoms with van der Waals surface area (Å²) in [6, 6.07) is 4.09. The van der Waals surface area contributed by atoms with E-state index in [0.29, 0.717) is 6.42 Å². The van der Waals surface area contributed by atoms with Gasteiger partial charge in [0.15, 0.2) is 0 Å². The lowest BCUT2D eigenvalue weighted by Crippen LogP contribution is -2.03. The van der Waals surface area contributed by atoms with Gasteiger partial charge >= 0.3 is 0 Å². The molecule has 1 aromatic rings. The molecule has 0 aliphatic rings. The summed E-state index contributed by atoms with van der Waals surface area (Å²) in [5, 5.41) is 2.04. The lowest BCUT2D eigenvalue weighted by atomic mass is 10.2. The zero-order chi connectivity index (χ0) is 10.4. The molecule has 0 aromatic carbocycles. The first-order valence-corrected chi connectivity index (χ1v) is 7.04. The summed E-state index contributed by atoms with van der Waals surface area (Å²) in [6.07, 6.45) is 3.38. The highest BCUT2D eigenvalue weighted by Gasteiger charge is 2.03. The molecule has 0 bridgehead atoms. The Morgan fingerprint density at radius 3 is 2.64 bits per heavy atom. The fourth-order valence-corrected chi connectivity index (χ4v) is 2.54. The van der Waals surface area contributed by atoms with Crippen molar-refractivity contribution < 1.29 is 13.0 Å². The van der Waals surface area contributed by atoms with E-state index in [9.17, 15) is 8.42 Å². The number of aryl methyl sites for hydroxylation is 1. The second-order valence-electron chi connectivity index (χ2n) is 3.18. The van der Waals surface area contributed by atoms with Gasteiger partial charge in [-0.15, -0.1) is 11.3 Å². The molecule has 0 saturated heterocycles. The van der Waals surface area contributed by atoms with Crippen LogP contribution in [0.2, 0.25) is 0 Å². The summed E-state index contributed by atoms with van der Waals surface area (Å²) in [7, 11) is -3.76. The van der Waals surface area contributed by atoms with Gasteiger partial charge in [0.25, 0.3) is 10.1 Å².